The number of fused-ring (bicyclic) bond motifs is 1. The largest absolute Gasteiger partial charge is 0.448 e. The molecule has 2 aromatic carbocycles. The number of rotatable bonds is 3. The first-order valence-electron chi connectivity index (χ1n) is 9.96. The Morgan fingerprint density at radius 2 is 1.83 bits per heavy atom. The van der Waals surface area contributed by atoms with Crippen molar-refractivity contribution in [3.63, 3.8) is 0 Å². The molecule has 1 saturated heterocycles. The van der Waals surface area contributed by atoms with Crippen LogP contribution < -0.4 is 19.7 Å². The lowest BCUT2D eigenvalue weighted by molar-refractivity contribution is -0.117. The second-order valence-corrected chi connectivity index (χ2v) is 8.18. The molecule has 29 heavy (non-hydrogen) atoms. The van der Waals surface area contributed by atoms with E-state index in [9.17, 15) is 9.59 Å². The SMILES string of the molecule is O=C(Nc1ccc2c(c1)OC1(CCCC1)O2)c1ccc(Cl)cc1N1CCCC1=O. The maximum atomic E-state index is 13.0. The molecule has 0 aromatic heterocycles. The lowest BCUT2D eigenvalue weighted by atomic mass is 10.1. The van der Waals surface area contributed by atoms with E-state index < -0.39 is 5.79 Å². The fourth-order valence-corrected chi connectivity index (χ4v) is 4.48. The van der Waals surface area contributed by atoms with Gasteiger partial charge in [-0.15, -0.1) is 0 Å². The van der Waals surface area contributed by atoms with Crippen molar-refractivity contribution >= 4 is 34.8 Å². The molecule has 2 heterocycles. The van der Waals surface area contributed by atoms with Crippen LogP contribution in [0.3, 0.4) is 0 Å². The molecule has 0 radical (unpaired) electrons. The third-order valence-corrected chi connectivity index (χ3v) is 5.96. The van der Waals surface area contributed by atoms with Crippen LogP contribution in [0.1, 0.15) is 48.9 Å². The molecule has 5 rings (SSSR count). The Kier molecular flexibility index (Phi) is 4.39. The second-order valence-electron chi connectivity index (χ2n) is 7.75. The monoisotopic (exact) mass is 412 g/mol. The molecule has 1 N–H and O–H groups in total. The van der Waals surface area contributed by atoms with Gasteiger partial charge in [0.05, 0.1) is 11.3 Å². The summed E-state index contributed by atoms with van der Waals surface area (Å²) in [5.41, 5.74) is 1.57. The summed E-state index contributed by atoms with van der Waals surface area (Å²) in [5.74, 6) is 0.525. The number of ether oxygens (including phenoxy) is 2. The highest BCUT2D eigenvalue weighted by Gasteiger charge is 2.44. The summed E-state index contributed by atoms with van der Waals surface area (Å²) < 4.78 is 12.1. The predicted molar refractivity (Wildman–Crippen MR) is 110 cm³/mol. The fourth-order valence-electron chi connectivity index (χ4n) is 4.31. The van der Waals surface area contributed by atoms with Crippen LogP contribution in [0.5, 0.6) is 11.5 Å². The van der Waals surface area contributed by atoms with Crippen LogP contribution in [0.25, 0.3) is 0 Å². The molecule has 2 aliphatic heterocycles. The minimum atomic E-state index is -0.537. The number of hydrogen-bond donors (Lipinski definition) is 1. The van der Waals surface area contributed by atoms with Gasteiger partial charge in [-0.05, 0) is 49.6 Å². The first-order valence-corrected chi connectivity index (χ1v) is 10.3. The number of halogens is 1. The average Bonchev–Trinajstić information content (AvgIpc) is 3.41. The van der Waals surface area contributed by atoms with Gasteiger partial charge in [-0.1, -0.05) is 11.6 Å². The van der Waals surface area contributed by atoms with E-state index in [1.54, 1.807) is 35.2 Å². The van der Waals surface area contributed by atoms with Gasteiger partial charge >= 0.3 is 0 Å². The molecule has 0 atom stereocenters. The predicted octanol–water partition coefficient (Wildman–Crippen LogP) is 4.76. The third kappa shape index (κ3) is 3.31. The molecule has 0 unspecified atom stereocenters. The normalized spacial score (nSPS) is 19.2. The first-order chi connectivity index (χ1) is 14.0. The number of carbonyl (C=O) groups is 2. The molecule has 150 valence electrons. The zero-order chi connectivity index (χ0) is 20.0. The smallest absolute Gasteiger partial charge is 0.257 e. The minimum Gasteiger partial charge on any atom is -0.448 e. The Hall–Kier alpha value is -2.73. The van der Waals surface area contributed by atoms with E-state index in [1.165, 1.54) is 0 Å². The zero-order valence-electron chi connectivity index (χ0n) is 15.9. The van der Waals surface area contributed by atoms with Gasteiger partial charge < -0.3 is 19.7 Å². The lowest BCUT2D eigenvalue weighted by Gasteiger charge is -2.21. The van der Waals surface area contributed by atoms with E-state index in [-0.39, 0.29) is 11.8 Å². The molecule has 1 saturated carbocycles. The third-order valence-electron chi connectivity index (χ3n) is 5.73. The molecule has 6 nitrogen and oxygen atoms in total. The number of benzene rings is 2. The van der Waals surface area contributed by atoms with Crippen LogP contribution in [0.15, 0.2) is 36.4 Å². The summed E-state index contributed by atoms with van der Waals surface area (Å²) >= 11 is 6.13. The van der Waals surface area contributed by atoms with E-state index in [2.05, 4.69) is 5.32 Å². The lowest BCUT2D eigenvalue weighted by Crippen LogP contribution is -2.34. The van der Waals surface area contributed by atoms with E-state index in [0.29, 0.717) is 46.4 Å². The van der Waals surface area contributed by atoms with Crippen LogP contribution in [-0.4, -0.2) is 24.1 Å². The highest BCUT2D eigenvalue weighted by atomic mass is 35.5. The van der Waals surface area contributed by atoms with E-state index in [1.807, 2.05) is 6.07 Å². The quantitative estimate of drug-likeness (QED) is 0.789. The van der Waals surface area contributed by atoms with Gasteiger partial charge in [0.2, 0.25) is 5.91 Å². The van der Waals surface area contributed by atoms with Crippen molar-refractivity contribution in [2.24, 2.45) is 0 Å². The number of carbonyl (C=O) groups excluding carboxylic acids is 2. The van der Waals surface area contributed by atoms with E-state index in [0.717, 1.165) is 32.1 Å². The number of nitrogens with zero attached hydrogens (tertiary/aromatic N) is 1. The van der Waals surface area contributed by atoms with Crippen LogP contribution in [0, 0.1) is 0 Å². The zero-order valence-corrected chi connectivity index (χ0v) is 16.6. The number of amides is 2. The van der Waals surface area contributed by atoms with Crippen molar-refractivity contribution in [2.75, 3.05) is 16.8 Å². The summed E-state index contributed by atoms with van der Waals surface area (Å²) in [6, 6.07) is 10.4. The summed E-state index contributed by atoms with van der Waals surface area (Å²) in [5, 5.41) is 3.40. The van der Waals surface area contributed by atoms with Gasteiger partial charge in [-0.3, -0.25) is 9.59 Å². The van der Waals surface area contributed by atoms with E-state index >= 15 is 0 Å². The Labute approximate surface area is 173 Å². The summed E-state index contributed by atoms with van der Waals surface area (Å²) in [6.07, 6.45) is 5.19. The molecule has 1 aliphatic carbocycles. The highest BCUT2D eigenvalue weighted by Crippen LogP contribution is 2.47. The Morgan fingerprint density at radius 3 is 2.59 bits per heavy atom. The molecule has 0 bridgehead atoms. The summed E-state index contributed by atoms with van der Waals surface area (Å²) in [6.45, 7) is 0.589. The highest BCUT2D eigenvalue weighted by molar-refractivity contribution is 6.31. The Balaban J connectivity index is 1.39. The molecule has 2 aromatic rings. The topological polar surface area (TPSA) is 67.9 Å². The second kappa shape index (κ2) is 6.95. The summed E-state index contributed by atoms with van der Waals surface area (Å²) in [4.78, 5) is 26.8. The van der Waals surface area contributed by atoms with Crippen molar-refractivity contribution in [3.8, 4) is 11.5 Å². The van der Waals surface area contributed by atoms with Gasteiger partial charge in [-0.25, -0.2) is 0 Å². The van der Waals surface area contributed by atoms with Gasteiger partial charge in [0.25, 0.3) is 11.7 Å². The molecular weight excluding hydrogens is 392 g/mol. The van der Waals surface area contributed by atoms with Crippen molar-refractivity contribution in [1.29, 1.82) is 0 Å². The van der Waals surface area contributed by atoms with Gasteiger partial charge in [0, 0.05) is 42.6 Å². The van der Waals surface area contributed by atoms with Crippen molar-refractivity contribution in [1.82, 2.24) is 0 Å². The molecule has 7 heteroatoms. The van der Waals surface area contributed by atoms with Gasteiger partial charge in [0.1, 0.15) is 0 Å². The number of hydrogen-bond acceptors (Lipinski definition) is 4. The van der Waals surface area contributed by atoms with Crippen LogP contribution in [0.2, 0.25) is 5.02 Å². The van der Waals surface area contributed by atoms with Crippen molar-refractivity contribution < 1.29 is 19.1 Å². The minimum absolute atomic E-state index is 0.00579. The van der Waals surface area contributed by atoms with E-state index in [4.69, 9.17) is 21.1 Å². The first kappa shape index (κ1) is 18.3. The van der Waals surface area contributed by atoms with Gasteiger partial charge in [-0.2, -0.15) is 0 Å². The molecule has 2 fully saturated rings. The maximum Gasteiger partial charge on any atom is 0.257 e. The Bertz CT molecular complexity index is 1000. The number of nitrogens with one attached hydrogen (secondary N) is 1. The molecule has 3 aliphatic rings. The van der Waals surface area contributed by atoms with Crippen molar-refractivity contribution in [2.45, 2.75) is 44.3 Å². The van der Waals surface area contributed by atoms with Gasteiger partial charge in [0.15, 0.2) is 11.5 Å². The summed E-state index contributed by atoms with van der Waals surface area (Å²) in [7, 11) is 0. The standard InChI is InChI=1S/C22H21ClN2O4/c23-14-5-7-16(17(12-14)25-11-3-4-20(25)26)21(27)24-15-6-8-18-19(13-15)29-22(28-18)9-1-2-10-22/h5-8,12-13H,1-4,9-11H2,(H,24,27). The maximum absolute atomic E-state index is 13.0. The average molecular weight is 413 g/mol. The Morgan fingerprint density at radius 1 is 1.03 bits per heavy atom. The number of anilines is 2. The fraction of sp³-hybridized carbons (Fsp3) is 0.364. The van der Waals surface area contributed by atoms with Crippen LogP contribution in [0.4, 0.5) is 11.4 Å². The molecule has 1 spiro atoms. The molecule has 2 amide bonds. The van der Waals surface area contributed by atoms with Crippen LogP contribution in [-0.2, 0) is 4.79 Å². The van der Waals surface area contributed by atoms with Crippen molar-refractivity contribution in [3.05, 3.63) is 47.0 Å². The molecular formula is C22H21ClN2O4. The van der Waals surface area contributed by atoms with Crippen LogP contribution >= 0.6 is 11.6 Å².